The number of thiazole rings is 1. The van der Waals surface area contributed by atoms with E-state index in [9.17, 15) is 13.2 Å². The number of aryl methyl sites for hydroxylation is 2. The third kappa shape index (κ3) is 5.70. The van der Waals surface area contributed by atoms with Crippen molar-refractivity contribution in [3.05, 3.63) is 83.4 Å². The molecule has 0 fully saturated rings. The number of anilines is 2. The largest absolute Gasteiger partial charge is 0.308 e. The van der Waals surface area contributed by atoms with Gasteiger partial charge in [0.25, 0.3) is 15.9 Å². The number of carbonyl (C=O) groups excluding carboxylic acids is 1. The summed E-state index contributed by atoms with van der Waals surface area (Å²) in [5.41, 5.74) is 4.07. The minimum absolute atomic E-state index is 0.177. The summed E-state index contributed by atoms with van der Waals surface area (Å²) in [6.45, 7) is 5.27. The molecule has 1 amide bonds. The standard InChI is InChI=1S/C26H28N4O3S2/c1-18-16-23-24(17-19(18)2)34-26(27-23)30(15-14-29(3)4)25(31)20-10-12-21(13-11-20)28-35(32,33)22-8-6-5-7-9-22/h5-13,16-17,28H,14-15H2,1-4H3. The highest BCUT2D eigenvalue weighted by Crippen LogP contribution is 2.31. The van der Waals surface area contributed by atoms with Gasteiger partial charge in [0.05, 0.1) is 15.1 Å². The second-order valence-corrected chi connectivity index (χ2v) is 11.3. The van der Waals surface area contributed by atoms with Gasteiger partial charge in [-0.1, -0.05) is 29.5 Å². The minimum atomic E-state index is -3.71. The number of aromatic nitrogens is 1. The molecule has 1 heterocycles. The van der Waals surface area contributed by atoms with Gasteiger partial charge in [0, 0.05) is 24.3 Å². The molecule has 0 saturated carbocycles. The average Bonchev–Trinajstić information content (AvgIpc) is 3.22. The number of likely N-dealkylation sites (N-methyl/N-ethyl adjacent to an activating group) is 1. The van der Waals surface area contributed by atoms with E-state index in [4.69, 9.17) is 4.98 Å². The van der Waals surface area contributed by atoms with E-state index in [1.807, 2.05) is 25.1 Å². The van der Waals surface area contributed by atoms with Crippen molar-refractivity contribution in [3.8, 4) is 0 Å². The van der Waals surface area contributed by atoms with Crippen molar-refractivity contribution < 1.29 is 13.2 Å². The Balaban J connectivity index is 1.60. The van der Waals surface area contributed by atoms with Crippen molar-refractivity contribution in [2.75, 3.05) is 36.8 Å². The lowest BCUT2D eigenvalue weighted by molar-refractivity contribution is 0.0985. The predicted octanol–water partition coefficient (Wildman–Crippen LogP) is 4.92. The maximum absolute atomic E-state index is 13.5. The molecule has 0 aliphatic heterocycles. The van der Waals surface area contributed by atoms with Gasteiger partial charge in [0.15, 0.2) is 5.13 Å². The van der Waals surface area contributed by atoms with Gasteiger partial charge in [-0.05, 0) is 87.6 Å². The number of nitrogens with one attached hydrogen (secondary N) is 1. The van der Waals surface area contributed by atoms with E-state index in [1.165, 1.54) is 29.0 Å². The Kier molecular flexibility index (Phi) is 7.20. The van der Waals surface area contributed by atoms with Gasteiger partial charge in [0.2, 0.25) is 0 Å². The van der Waals surface area contributed by atoms with Crippen molar-refractivity contribution in [1.82, 2.24) is 9.88 Å². The monoisotopic (exact) mass is 508 g/mol. The van der Waals surface area contributed by atoms with Crippen LogP contribution in [-0.4, -0.2) is 51.4 Å². The zero-order valence-electron chi connectivity index (χ0n) is 20.1. The summed E-state index contributed by atoms with van der Waals surface area (Å²) in [5, 5.41) is 0.644. The molecule has 0 bridgehead atoms. The average molecular weight is 509 g/mol. The van der Waals surface area contributed by atoms with Crippen LogP contribution in [0.2, 0.25) is 0 Å². The number of benzene rings is 3. The van der Waals surface area contributed by atoms with Crippen LogP contribution in [0.15, 0.2) is 71.6 Å². The molecule has 4 rings (SSSR count). The summed E-state index contributed by atoms with van der Waals surface area (Å²) in [7, 11) is 0.214. The quantitative estimate of drug-likeness (QED) is 0.365. The smallest absolute Gasteiger partial charge is 0.261 e. The lowest BCUT2D eigenvalue weighted by Crippen LogP contribution is -2.36. The zero-order valence-corrected chi connectivity index (χ0v) is 21.8. The second kappa shape index (κ2) is 10.2. The van der Waals surface area contributed by atoms with Crippen molar-refractivity contribution in [1.29, 1.82) is 0 Å². The molecule has 0 aliphatic carbocycles. The third-order valence-electron chi connectivity index (χ3n) is 5.68. The number of amides is 1. The maximum Gasteiger partial charge on any atom is 0.261 e. The van der Waals surface area contributed by atoms with Gasteiger partial charge in [-0.2, -0.15) is 0 Å². The fourth-order valence-electron chi connectivity index (χ4n) is 3.52. The number of hydrogen-bond acceptors (Lipinski definition) is 6. The number of carbonyl (C=O) groups is 1. The number of rotatable bonds is 8. The van der Waals surface area contributed by atoms with Crippen LogP contribution >= 0.6 is 11.3 Å². The van der Waals surface area contributed by atoms with Crippen molar-refractivity contribution in [2.24, 2.45) is 0 Å². The topological polar surface area (TPSA) is 82.6 Å². The van der Waals surface area contributed by atoms with E-state index in [2.05, 4.69) is 24.6 Å². The molecular formula is C26H28N4O3S2. The molecule has 182 valence electrons. The van der Waals surface area contributed by atoms with E-state index >= 15 is 0 Å². The van der Waals surface area contributed by atoms with Crippen LogP contribution in [0, 0.1) is 13.8 Å². The number of hydrogen-bond donors (Lipinski definition) is 1. The van der Waals surface area contributed by atoms with Crippen LogP contribution in [0.25, 0.3) is 10.2 Å². The van der Waals surface area contributed by atoms with Crippen molar-refractivity contribution in [2.45, 2.75) is 18.7 Å². The van der Waals surface area contributed by atoms with E-state index in [0.717, 1.165) is 15.8 Å². The highest BCUT2D eigenvalue weighted by atomic mass is 32.2. The summed E-state index contributed by atoms with van der Waals surface area (Å²) < 4.78 is 28.8. The molecule has 0 unspecified atom stereocenters. The molecule has 0 spiro atoms. The second-order valence-electron chi connectivity index (χ2n) is 8.66. The summed E-state index contributed by atoms with van der Waals surface area (Å²) >= 11 is 1.50. The Labute approximate surface area is 210 Å². The molecule has 9 heteroatoms. The lowest BCUT2D eigenvalue weighted by Gasteiger charge is -2.22. The number of fused-ring (bicyclic) bond motifs is 1. The Bertz CT molecular complexity index is 1410. The third-order valence-corrected chi connectivity index (χ3v) is 8.12. The van der Waals surface area contributed by atoms with Gasteiger partial charge in [-0.3, -0.25) is 14.4 Å². The number of sulfonamides is 1. The maximum atomic E-state index is 13.5. The Morgan fingerprint density at radius 2 is 1.60 bits per heavy atom. The SMILES string of the molecule is Cc1cc2nc(N(CCN(C)C)C(=O)c3ccc(NS(=O)(=O)c4ccccc4)cc3)sc2cc1C. The molecule has 7 nitrogen and oxygen atoms in total. The van der Waals surface area contributed by atoms with E-state index < -0.39 is 10.0 Å². The van der Waals surface area contributed by atoms with Gasteiger partial charge >= 0.3 is 0 Å². The van der Waals surface area contributed by atoms with Crippen LogP contribution in [0.3, 0.4) is 0 Å². The fraction of sp³-hybridized carbons (Fsp3) is 0.231. The van der Waals surface area contributed by atoms with Gasteiger partial charge in [-0.15, -0.1) is 0 Å². The molecule has 0 atom stereocenters. The van der Waals surface area contributed by atoms with Crippen LogP contribution in [0.5, 0.6) is 0 Å². The fourth-order valence-corrected chi connectivity index (χ4v) is 5.67. The summed E-state index contributed by atoms with van der Waals surface area (Å²) in [6, 6.07) is 18.8. The van der Waals surface area contributed by atoms with Gasteiger partial charge in [0.1, 0.15) is 0 Å². The van der Waals surface area contributed by atoms with E-state index in [1.54, 1.807) is 47.4 Å². The molecule has 1 aromatic heterocycles. The number of nitrogens with zero attached hydrogens (tertiary/aromatic N) is 3. The van der Waals surface area contributed by atoms with Crippen LogP contribution in [0.4, 0.5) is 10.8 Å². The Hall–Kier alpha value is -3.27. The molecule has 0 aliphatic rings. The Morgan fingerprint density at radius 3 is 2.26 bits per heavy atom. The first-order valence-electron chi connectivity index (χ1n) is 11.2. The highest BCUT2D eigenvalue weighted by Gasteiger charge is 2.22. The van der Waals surface area contributed by atoms with Crippen molar-refractivity contribution >= 4 is 48.3 Å². The molecule has 0 saturated heterocycles. The molecule has 4 aromatic rings. The summed E-state index contributed by atoms with van der Waals surface area (Å²) in [4.78, 5) is 22.2. The molecule has 35 heavy (non-hydrogen) atoms. The zero-order chi connectivity index (χ0) is 25.2. The van der Waals surface area contributed by atoms with Gasteiger partial charge in [-0.25, -0.2) is 13.4 Å². The first kappa shape index (κ1) is 24.8. The van der Waals surface area contributed by atoms with Gasteiger partial charge < -0.3 is 4.90 Å². The molecule has 3 aromatic carbocycles. The molecule has 1 N–H and O–H groups in total. The van der Waals surface area contributed by atoms with E-state index in [0.29, 0.717) is 29.5 Å². The summed E-state index contributed by atoms with van der Waals surface area (Å²) in [5.74, 6) is -0.184. The molecule has 0 radical (unpaired) electrons. The summed E-state index contributed by atoms with van der Waals surface area (Å²) in [6.07, 6.45) is 0. The van der Waals surface area contributed by atoms with Crippen LogP contribution < -0.4 is 9.62 Å². The van der Waals surface area contributed by atoms with Crippen LogP contribution in [0.1, 0.15) is 21.5 Å². The predicted molar refractivity (Wildman–Crippen MR) is 143 cm³/mol. The normalized spacial score (nSPS) is 11.7. The highest BCUT2D eigenvalue weighted by molar-refractivity contribution is 7.92. The first-order chi connectivity index (χ1) is 16.6. The minimum Gasteiger partial charge on any atom is -0.308 e. The Morgan fingerprint density at radius 1 is 0.943 bits per heavy atom. The lowest BCUT2D eigenvalue weighted by atomic mass is 10.1. The molecular weight excluding hydrogens is 480 g/mol. The van der Waals surface area contributed by atoms with Crippen molar-refractivity contribution in [3.63, 3.8) is 0 Å². The first-order valence-corrected chi connectivity index (χ1v) is 13.5. The van der Waals surface area contributed by atoms with Crippen LogP contribution in [-0.2, 0) is 10.0 Å². The van der Waals surface area contributed by atoms with E-state index in [-0.39, 0.29) is 10.8 Å².